The molecule has 2 aliphatic heterocycles. The second-order valence-electron chi connectivity index (χ2n) is 4.31. The number of imide groups is 1. The van der Waals surface area contributed by atoms with Crippen molar-refractivity contribution in [1.82, 2.24) is 4.90 Å². The number of carbonyl (C=O) groups excluding carboxylic acids is 2. The summed E-state index contributed by atoms with van der Waals surface area (Å²) in [5.74, 6) is -1.13. The zero-order valence-electron chi connectivity index (χ0n) is 8.93. The molecule has 16 heavy (non-hydrogen) atoms. The van der Waals surface area contributed by atoms with Crippen LogP contribution in [-0.2, 0) is 14.4 Å². The highest BCUT2D eigenvalue weighted by Crippen LogP contribution is 2.38. The lowest BCUT2D eigenvalue weighted by molar-refractivity contribution is -0.161. The number of nitrogens with zero attached hydrogens (tertiary/aromatic N) is 1. The van der Waals surface area contributed by atoms with Gasteiger partial charge >= 0.3 is 5.97 Å². The molecule has 0 spiro atoms. The Labute approximate surface area is 97.2 Å². The lowest BCUT2D eigenvalue weighted by Gasteiger charge is -2.32. The normalized spacial score (nSPS) is 34.8. The smallest absolute Gasteiger partial charge is 0.331 e. The van der Waals surface area contributed by atoms with Gasteiger partial charge in [0.15, 0.2) is 5.54 Å². The van der Waals surface area contributed by atoms with E-state index in [0.29, 0.717) is 17.9 Å². The van der Waals surface area contributed by atoms with Crippen molar-refractivity contribution in [3.8, 4) is 0 Å². The lowest BCUT2D eigenvalue weighted by Crippen LogP contribution is -2.57. The van der Waals surface area contributed by atoms with E-state index in [4.69, 9.17) is 0 Å². The van der Waals surface area contributed by atoms with Crippen LogP contribution in [0.2, 0.25) is 0 Å². The zero-order valence-corrected chi connectivity index (χ0v) is 9.75. The molecule has 0 aromatic heterocycles. The second kappa shape index (κ2) is 3.76. The Morgan fingerprint density at radius 1 is 1.56 bits per heavy atom. The first-order chi connectivity index (χ1) is 7.49. The highest BCUT2D eigenvalue weighted by molar-refractivity contribution is 7.99. The van der Waals surface area contributed by atoms with E-state index in [1.165, 1.54) is 11.8 Å². The van der Waals surface area contributed by atoms with E-state index >= 15 is 0 Å². The molecular formula is C10H13NO4S. The average molecular weight is 243 g/mol. The molecular weight excluding hydrogens is 230 g/mol. The first-order valence-corrected chi connectivity index (χ1v) is 6.32. The first-order valence-electron chi connectivity index (χ1n) is 5.17. The van der Waals surface area contributed by atoms with Gasteiger partial charge < -0.3 is 5.11 Å². The van der Waals surface area contributed by atoms with Gasteiger partial charge in [-0.3, -0.25) is 14.5 Å². The molecule has 2 amide bonds. The Morgan fingerprint density at radius 3 is 2.62 bits per heavy atom. The number of hydrogen-bond acceptors (Lipinski definition) is 4. The minimum atomic E-state index is -1.29. The number of carbonyl (C=O) groups is 3. The fourth-order valence-electron chi connectivity index (χ4n) is 2.23. The minimum Gasteiger partial charge on any atom is -0.479 e. The summed E-state index contributed by atoms with van der Waals surface area (Å²) in [5, 5.41) is 9.29. The highest BCUT2D eigenvalue weighted by Gasteiger charge is 2.55. The predicted octanol–water partition coefficient (Wildman–Crippen LogP) is 0.342. The van der Waals surface area contributed by atoms with Crippen molar-refractivity contribution in [2.75, 3.05) is 11.5 Å². The van der Waals surface area contributed by atoms with Gasteiger partial charge in [-0.15, -0.1) is 0 Å². The molecule has 0 saturated carbocycles. The van der Waals surface area contributed by atoms with Crippen molar-refractivity contribution in [1.29, 1.82) is 0 Å². The molecule has 2 atom stereocenters. The van der Waals surface area contributed by atoms with Crippen LogP contribution in [0.5, 0.6) is 0 Å². The third kappa shape index (κ3) is 1.43. The standard InChI is InChI=1S/C10H13NO4S/c1-6-4-7(12)11(8(6)13)10(9(14)15)2-3-16-5-10/h6H,2-5H2,1H3,(H,14,15). The molecule has 2 unspecified atom stereocenters. The van der Waals surface area contributed by atoms with Crippen molar-refractivity contribution < 1.29 is 19.5 Å². The molecule has 0 radical (unpaired) electrons. The maximum Gasteiger partial charge on any atom is 0.331 e. The number of thioether (sulfide) groups is 1. The van der Waals surface area contributed by atoms with E-state index in [-0.39, 0.29) is 24.2 Å². The van der Waals surface area contributed by atoms with Crippen molar-refractivity contribution >= 4 is 29.5 Å². The maximum atomic E-state index is 11.8. The van der Waals surface area contributed by atoms with Gasteiger partial charge in [0.2, 0.25) is 11.8 Å². The molecule has 6 heteroatoms. The molecule has 2 aliphatic rings. The van der Waals surface area contributed by atoms with Crippen molar-refractivity contribution in [2.24, 2.45) is 5.92 Å². The van der Waals surface area contributed by atoms with Crippen LogP contribution in [0.4, 0.5) is 0 Å². The third-order valence-electron chi connectivity index (χ3n) is 3.20. The Balaban J connectivity index is 2.38. The van der Waals surface area contributed by atoms with Gasteiger partial charge in [0.25, 0.3) is 0 Å². The van der Waals surface area contributed by atoms with Gasteiger partial charge in [0, 0.05) is 18.1 Å². The van der Waals surface area contributed by atoms with Gasteiger partial charge in [-0.25, -0.2) is 4.79 Å². The molecule has 2 saturated heterocycles. The molecule has 1 N–H and O–H groups in total. The predicted molar refractivity (Wildman–Crippen MR) is 57.9 cm³/mol. The molecule has 2 rings (SSSR count). The minimum absolute atomic E-state index is 0.137. The SMILES string of the molecule is CC1CC(=O)N(C2(C(=O)O)CCSC2)C1=O. The number of amides is 2. The summed E-state index contributed by atoms with van der Waals surface area (Å²) in [6.45, 7) is 1.66. The molecule has 5 nitrogen and oxygen atoms in total. The van der Waals surface area contributed by atoms with Crippen LogP contribution in [0.1, 0.15) is 19.8 Å². The number of rotatable bonds is 2. The van der Waals surface area contributed by atoms with E-state index in [0.717, 1.165) is 4.90 Å². The topological polar surface area (TPSA) is 74.7 Å². The summed E-state index contributed by atoms with van der Waals surface area (Å²) in [4.78, 5) is 35.9. The molecule has 0 aromatic rings. The quantitative estimate of drug-likeness (QED) is 0.708. The van der Waals surface area contributed by atoms with Crippen LogP contribution in [0.25, 0.3) is 0 Å². The van der Waals surface area contributed by atoms with Crippen molar-refractivity contribution in [3.05, 3.63) is 0 Å². The molecule has 0 aliphatic carbocycles. The number of hydrogen-bond donors (Lipinski definition) is 1. The van der Waals surface area contributed by atoms with Gasteiger partial charge in [-0.2, -0.15) is 11.8 Å². The van der Waals surface area contributed by atoms with E-state index in [1.807, 2.05) is 0 Å². The summed E-state index contributed by atoms with van der Waals surface area (Å²) in [5.41, 5.74) is -1.29. The Hall–Kier alpha value is -1.04. The highest BCUT2D eigenvalue weighted by atomic mass is 32.2. The van der Waals surface area contributed by atoms with Crippen LogP contribution in [0.3, 0.4) is 0 Å². The molecule has 2 fully saturated rings. The molecule has 0 bridgehead atoms. The third-order valence-corrected chi connectivity index (χ3v) is 4.37. The van der Waals surface area contributed by atoms with Crippen LogP contribution in [0.15, 0.2) is 0 Å². The number of likely N-dealkylation sites (tertiary alicyclic amines) is 1. The number of carboxylic acid groups (broad SMARTS) is 1. The molecule has 88 valence electrons. The van der Waals surface area contributed by atoms with Crippen LogP contribution < -0.4 is 0 Å². The fourth-order valence-corrected chi connectivity index (χ4v) is 3.59. The van der Waals surface area contributed by atoms with E-state index in [1.54, 1.807) is 6.92 Å². The van der Waals surface area contributed by atoms with Crippen LogP contribution >= 0.6 is 11.8 Å². The average Bonchev–Trinajstić information content (AvgIpc) is 2.75. The lowest BCUT2D eigenvalue weighted by atomic mass is 9.96. The van der Waals surface area contributed by atoms with E-state index in [2.05, 4.69) is 0 Å². The van der Waals surface area contributed by atoms with Gasteiger partial charge in [-0.1, -0.05) is 6.92 Å². The van der Waals surface area contributed by atoms with Gasteiger partial charge in [-0.05, 0) is 12.2 Å². The summed E-state index contributed by atoms with van der Waals surface area (Å²) in [7, 11) is 0. The van der Waals surface area contributed by atoms with Gasteiger partial charge in [0.05, 0.1) is 0 Å². The van der Waals surface area contributed by atoms with Crippen LogP contribution in [-0.4, -0.2) is 44.8 Å². The zero-order chi connectivity index (χ0) is 11.9. The fraction of sp³-hybridized carbons (Fsp3) is 0.700. The summed E-state index contributed by atoms with van der Waals surface area (Å²) < 4.78 is 0. The Bertz CT molecular complexity index is 362. The Kier molecular flexibility index (Phi) is 2.69. The Morgan fingerprint density at radius 2 is 2.25 bits per heavy atom. The maximum absolute atomic E-state index is 11.8. The summed E-state index contributed by atoms with van der Waals surface area (Å²) >= 11 is 1.47. The van der Waals surface area contributed by atoms with Crippen molar-refractivity contribution in [2.45, 2.75) is 25.3 Å². The summed E-state index contributed by atoms with van der Waals surface area (Å²) in [6.07, 6.45) is 0.496. The monoisotopic (exact) mass is 243 g/mol. The van der Waals surface area contributed by atoms with E-state index in [9.17, 15) is 19.5 Å². The van der Waals surface area contributed by atoms with Crippen molar-refractivity contribution in [3.63, 3.8) is 0 Å². The first kappa shape index (κ1) is 11.4. The van der Waals surface area contributed by atoms with E-state index < -0.39 is 11.5 Å². The summed E-state index contributed by atoms with van der Waals surface area (Å²) in [6, 6.07) is 0. The van der Waals surface area contributed by atoms with Crippen LogP contribution in [0, 0.1) is 5.92 Å². The van der Waals surface area contributed by atoms with Gasteiger partial charge in [0.1, 0.15) is 0 Å². The number of carboxylic acids is 1. The molecule has 2 heterocycles. The number of aliphatic carboxylic acids is 1. The molecule has 0 aromatic carbocycles. The largest absolute Gasteiger partial charge is 0.479 e. The second-order valence-corrected chi connectivity index (χ2v) is 5.42.